The monoisotopic (exact) mass is 532 g/mol. The van der Waals surface area contributed by atoms with Crippen molar-refractivity contribution in [2.75, 3.05) is 20.3 Å². The maximum absolute atomic E-state index is 12.8. The lowest BCUT2D eigenvalue weighted by Gasteiger charge is -2.24. The van der Waals surface area contributed by atoms with Crippen LogP contribution in [-0.4, -0.2) is 61.6 Å². The summed E-state index contributed by atoms with van der Waals surface area (Å²) in [5, 5.41) is 14.6. The van der Waals surface area contributed by atoms with Gasteiger partial charge in [-0.15, -0.1) is 0 Å². The number of alkyl carbamates (subject to hydrolysis) is 1. The Morgan fingerprint density at radius 1 is 0.897 bits per heavy atom. The molecule has 4 rings (SSSR count). The molecular formula is C30H32N2O7. The van der Waals surface area contributed by atoms with E-state index in [1.54, 1.807) is 6.92 Å². The number of hydrogen-bond donors (Lipinski definition) is 3. The lowest BCUT2D eigenvalue weighted by atomic mass is 9.98. The Morgan fingerprint density at radius 3 is 2.08 bits per heavy atom. The summed E-state index contributed by atoms with van der Waals surface area (Å²) >= 11 is 0. The molecule has 1 aliphatic rings. The third kappa shape index (κ3) is 6.81. The first-order valence-corrected chi connectivity index (χ1v) is 12.7. The van der Waals surface area contributed by atoms with Gasteiger partial charge in [-0.25, -0.2) is 9.59 Å². The second kappa shape index (κ2) is 13.0. The van der Waals surface area contributed by atoms with Crippen molar-refractivity contribution in [3.05, 3.63) is 95.6 Å². The smallest absolute Gasteiger partial charge is 0.407 e. The Morgan fingerprint density at radius 2 is 1.49 bits per heavy atom. The van der Waals surface area contributed by atoms with Crippen LogP contribution < -0.4 is 10.6 Å². The van der Waals surface area contributed by atoms with E-state index < -0.39 is 36.2 Å². The number of ether oxygens (including phenoxy) is 3. The van der Waals surface area contributed by atoms with Crippen molar-refractivity contribution in [3.8, 4) is 11.1 Å². The SMILES string of the molecule is COC(CNC(=O)OCC1c2ccccc2-c2ccccc21)C(=O)N[C@H](C(=O)O)[C@@H](C)OCc1ccccc1. The summed E-state index contributed by atoms with van der Waals surface area (Å²) in [5.41, 5.74) is 5.29. The van der Waals surface area contributed by atoms with Crippen LogP contribution in [0, 0.1) is 0 Å². The molecule has 0 fully saturated rings. The van der Waals surface area contributed by atoms with E-state index in [0.29, 0.717) is 0 Å². The first-order chi connectivity index (χ1) is 18.9. The summed E-state index contributed by atoms with van der Waals surface area (Å²) in [6.45, 7) is 1.68. The van der Waals surface area contributed by atoms with Crippen LogP contribution >= 0.6 is 0 Å². The summed E-state index contributed by atoms with van der Waals surface area (Å²) in [6, 6.07) is 24.0. The number of carbonyl (C=O) groups is 3. The Kier molecular flexibility index (Phi) is 9.30. The molecule has 39 heavy (non-hydrogen) atoms. The van der Waals surface area contributed by atoms with E-state index in [4.69, 9.17) is 14.2 Å². The molecule has 1 aliphatic carbocycles. The van der Waals surface area contributed by atoms with Gasteiger partial charge in [-0.1, -0.05) is 78.9 Å². The fourth-order valence-electron chi connectivity index (χ4n) is 4.63. The zero-order valence-electron chi connectivity index (χ0n) is 21.8. The van der Waals surface area contributed by atoms with Crippen LogP contribution in [0.25, 0.3) is 11.1 Å². The third-order valence-electron chi connectivity index (χ3n) is 6.74. The summed E-state index contributed by atoms with van der Waals surface area (Å²) < 4.78 is 16.4. The topological polar surface area (TPSA) is 123 Å². The number of rotatable bonds is 12. The zero-order chi connectivity index (χ0) is 27.8. The zero-order valence-corrected chi connectivity index (χ0v) is 21.8. The maximum Gasteiger partial charge on any atom is 0.407 e. The average Bonchev–Trinajstić information content (AvgIpc) is 3.27. The summed E-state index contributed by atoms with van der Waals surface area (Å²) in [4.78, 5) is 37.1. The number of carboxylic acid groups (broad SMARTS) is 1. The lowest BCUT2D eigenvalue weighted by Crippen LogP contribution is -2.53. The number of benzene rings is 3. The van der Waals surface area contributed by atoms with Crippen LogP contribution in [0.5, 0.6) is 0 Å². The standard InChI is InChI=1S/C30H32N2O7/c1-19(38-17-20-10-4-3-5-11-20)27(29(34)35)32-28(33)26(37-2)16-31-30(36)39-18-25-23-14-8-6-12-21(23)22-13-7-9-15-24(22)25/h3-15,19,25-27H,16-18H2,1-2H3,(H,31,36)(H,32,33)(H,34,35)/t19-,26?,27+/m1/s1. The largest absolute Gasteiger partial charge is 0.480 e. The Bertz CT molecular complexity index is 1250. The number of fused-ring (bicyclic) bond motifs is 3. The Balaban J connectivity index is 1.28. The van der Waals surface area contributed by atoms with Crippen LogP contribution in [0.4, 0.5) is 4.79 Å². The molecule has 204 valence electrons. The second-order valence-corrected chi connectivity index (χ2v) is 9.26. The van der Waals surface area contributed by atoms with Gasteiger partial charge in [0.25, 0.3) is 5.91 Å². The van der Waals surface area contributed by atoms with E-state index in [1.165, 1.54) is 7.11 Å². The molecule has 0 spiro atoms. The number of hydrogen-bond acceptors (Lipinski definition) is 6. The van der Waals surface area contributed by atoms with Crippen molar-refractivity contribution >= 4 is 18.0 Å². The van der Waals surface area contributed by atoms with Crippen molar-refractivity contribution in [1.82, 2.24) is 10.6 Å². The molecule has 2 amide bonds. The van der Waals surface area contributed by atoms with Gasteiger partial charge in [-0.3, -0.25) is 4.79 Å². The molecule has 0 radical (unpaired) electrons. The van der Waals surface area contributed by atoms with Gasteiger partial charge in [0, 0.05) is 13.0 Å². The third-order valence-corrected chi connectivity index (χ3v) is 6.74. The maximum atomic E-state index is 12.8. The van der Waals surface area contributed by atoms with Gasteiger partial charge in [0.05, 0.1) is 19.3 Å². The molecule has 0 bridgehead atoms. The van der Waals surface area contributed by atoms with Crippen LogP contribution in [0.2, 0.25) is 0 Å². The number of carbonyl (C=O) groups excluding carboxylic acids is 2. The summed E-state index contributed by atoms with van der Waals surface area (Å²) in [7, 11) is 1.30. The van der Waals surface area contributed by atoms with E-state index >= 15 is 0 Å². The molecule has 3 atom stereocenters. The molecular weight excluding hydrogens is 500 g/mol. The quantitative estimate of drug-likeness (QED) is 0.325. The van der Waals surface area contributed by atoms with Crippen LogP contribution in [0.1, 0.15) is 29.5 Å². The van der Waals surface area contributed by atoms with Gasteiger partial charge in [0.15, 0.2) is 12.1 Å². The molecule has 9 nitrogen and oxygen atoms in total. The first-order valence-electron chi connectivity index (χ1n) is 12.7. The highest BCUT2D eigenvalue weighted by Crippen LogP contribution is 2.44. The fraction of sp³-hybridized carbons (Fsp3) is 0.300. The molecule has 1 unspecified atom stereocenters. The van der Waals surface area contributed by atoms with E-state index in [0.717, 1.165) is 27.8 Å². The molecule has 9 heteroatoms. The van der Waals surface area contributed by atoms with Crippen molar-refractivity contribution in [2.24, 2.45) is 0 Å². The lowest BCUT2D eigenvalue weighted by molar-refractivity contribution is -0.148. The normalized spacial score (nSPS) is 14.4. The molecule has 3 N–H and O–H groups in total. The number of amides is 2. The average molecular weight is 533 g/mol. The minimum absolute atomic E-state index is 0.0987. The molecule has 0 aliphatic heterocycles. The van der Waals surface area contributed by atoms with Crippen LogP contribution in [0.3, 0.4) is 0 Å². The number of nitrogens with one attached hydrogen (secondary N) is 2. The summed E-state index contributed by atoms with van der Waals surface area (Å²) in [5.74, 6) is -2.04. The molecule has 3 aromatic carbocycles. The van der Waals surface area contributed by atoms with E-state index in [-0.39, 0.29) is 25.7 Å². The van der Waals surface area contributed by atoms with Crippen LogP contribution in [0.15, 0.2) is 78.9 Å². The molecule has 0 aromatic heterocycles. The van der Waals surface area contributed by atoms with Crippen LogP contribution in [-0.2, 0) is 30.4 Å². The highest BCUT2D eigenvalue weighted by atomic mass is 16.5. The minimum Gasteiger partial charge on any atom is -0.480 e. The van der Waals surface area contributed by atoms with Gasteiger partial charge >= 0.3 is 12.1 Å². The predicted molar refractivity (Wildman–Crippen MR) is 144 cm³/mol. The first kappa shape index (κ1) is 27.8. The van der Waals surface area contributed by atoms with Crippen molar-refractivity contribution in [1.29, 1.82) is 0 Å². The van der Waals surface area contributed by atoms with Gasteiger partial charge < -0.3 is 30.0 Å². The molecule has 0 saturated carbocycles. The highest BCUT2D eigenvalue weighted by molar-refractivity contribution is 5.87. The highest BCUT2D eigenvalue weighted by Gasteiger charge is 2.31. The molecule has 0 saturated heterocycles. The van der Waals surface area contributed by atoms with E-state index in [2.05, 4.69) is 10.6 Å². The van der Waals surface area contributed by atoms with Crippen molar-refractivity contribution < 1.29 is 33.7 Å². The van der Waals surface area contributed by atoms with E-state index in [9.17, 15) is 19.5 Å². The fourth-order valence-corrected chi connectivity index (χ4v) is 4.63. The predicted octanol–water partition coefficient (Wildman–Crippen LogP) is 3.71. The second-order valence-electron chi connectivity index (χ2n) is 9.26. The van der Waals surface area contributed by atoms with Crippen molar-refractivity contribution in [3.63, 3.8) is 0 Å². The molecule has 3 aromatic rings. The number of carboxylic acids is 1. The summed E-state index contributed by atoms with van der Waals surface area (Å²) in [6.07, 6.45) is -2.66. The molecule has 0 heterocycles. The van der Waals surface area contributed by atoms with E-state index in [1.807, 2.05) is 78.9 Å². The van der Waals surface area contributed by atoms with Gasteiger partial charge in [0.1, 0.15) is 6.61 Å². The van der Waals surface area contributed by atoms with Gasteiger partial charge in [-0.05, 0) is 34.7 Å². The Labute approximate surface area is 227 Å². The van der Waals surface area contributed by atoms with Crippen molar-refractivity contribution in [2.45, 2.75) is 37.7 Å². The Hall–Kier alpha value is -4.21. The number of aliphatic carboxylic acids is 1. The minimum atomic E-state index is -1.31. The van der Waals surface area contributed by atoms with Gasteiger partial charge in [0.2, 0.25) is 0 Å². The van der Waals surface area contributed by atoms with Gasteiger partial charge in [-0.2, -0.15) is 0 Å². The number of methoxy groups -OCH3 is 1.